The lowest BCUT2D eigenvalue weighted by Crippen LogP contribution is -2.03. The topological polar surface area (TPSA) is 37.3 Å². The molecule has 1 unspecified atom stereocenters. The SMILES string of the molecule is O=C(O)/C=C1\CCCC1Cc1cccc(Cl)c1. The van der Waals surface area contributed by atoms with Crippen LogP contribution in [0.3, 0.4) is 0 Å². The number of allylic oxidation sites excluding steroid dienone is 1. The first-order chi connectivity index (χ1) is 8.15. The van der Waals surface area contributed by atoms with Crippen molar-refractivity contribution in [3.8, 4) is 0 Å². The zero-order valence-corrected chi connectivity index (χ0v) is 10.3. The molecule has 1 aliphatic rings. The van der Waals surface area contributed by atoms with Crippen LogP contribution < -0.4 is 0 Å². The van der Waals surface area contributed by atoms with E-state index in [1.165, 1.54) is 11.6 Å². The molecule has 0 amide bonds. The van der Waals surface area contributed by atoms with Gasteiger partial charge in [-0.25, -0.2) is 4.79 Å². The van der Waals surface area contributed by atoms with Gasteiger partial charge in [0.1, 0.15) is 0 Å². The van der Waals surface area contributed by atoms with Crippen LogP contribution in [-0.2, 0) is 11.2 Å². The quantitative estimate of drug-likeness (QED) is 0.831. The van der Waals surface area contributed by atoms with Gasteiger partial charge in [-0.05, 0) is 49.3 Å². The second-order valence-corrected chi connectivity index (χ2v) is 4.92. The van der Waals surface area contributed by atoms with Crippen molar-refractivity contribution in [3.63, 3.8) is 0 Å². The van der Waals surface area contributed by atoms with Crippen molar-refractivity contribution in [1.29, 1.82) is 0 Å². The van der Waals surface area contributed by atoms with Crippen LogP contribution in [0.5, 0.6) is 0 Å². The van der Waals surface area contributed by atoms with Gasteiger partial charge in [-0.15, -0.1) is 0 Å². The van der Waals surface area contributed by atoms with Crippen molar-refractivity contribution in [1.82, 2.24) is 0 Å². The molecule has 0 radical (unpaired) electrons. The molecule has 1 aromatic rings. The third-order valence-corrected chi connectivity index (χ3v) is 3.46. The van der Waals surface area contributed by atoms with E-state index in [9.17, 15) is 4.79 Å². The maximum Gasteiger partial charge on any atom is 0.328 e. The van der Waals surface area contributed by atoms with E-state index in [1.54, 1.807) is 0 Å². The molecule has 1 saturated carbocycles. The number of benzene rings is 1. The van der Waals surface area contributed by atoms with Gasteiger partial charge in [0.25, 0.3) is 0 Å². The number of rotatable bonds is 3. The number of carboxylic acids is 1. The van der Waals surface area contributed by atoms with Gasteiger partial charge in [0.15, 0.2) is 0 Å². The number of halogens is 1. The van der Waals surface area contributed by atoms with Gasteiger partial charge in [-0.3, -0.25) is 0 Å². The van der Waals surface area contributed by atoms with Gasteiger partial charge >= 0.3 is 5.97 Å². The van der Waals surface area contributed by atoms with Crippen molar-refractivity contribution in [2.24, 2.45) is 5.92 Å². The number of hydrogen-bond acceptors (Lipinski definition) is 1. The molecule has 1 aliphatic carbocycles. The Hall–Kier alpha value is -1.28. The summed E-state index contributed by atoms with van der Waals surface area (Å²) in [5.74, 6) is -0.470. The molecular formula is C14H15ClO2. The Morgan fingerprint density at radius 3 is 3.06 bits per heavy atom. The Morgan fingerprint density at radius 1 is 1.53 bits per heavy atom. The summed E-state index contributed by atoms with van der Waals surface area (Å²) in [5.41, 5.74) is 2.25. The Bertz CT molecular complexity index is 451. The molecule has 1 aromatic carbocycles. The highest BCUT2D eigenvalue weighted by Gasteiger charge is 2.21. The van der Waals surface area contributed by atoms with Crippen LogP contribution in [0.1, 0.15) is 24.8 Å². The van der Waals surface area contributed by atoms with Gasteiger partial charge in [-0.1, -0.05) is 29.3 Å². The molecule has 0 bridgehead atoms. The number of hydrogen-bond donors (Lipinski definition) is 1. The van der Waals surface area contributed by atoms with Crippen LogP contribution in [-0.4, -0.2) is 11.1 Å². The Labute approximate surface area is 106 Å². The average molecular weight is 251 g/mol. The third kappa shape index (κ3) is 3.34. The van der Waals surface area contributed by atoms with Crippen LogP contribution in [0, 0.1) is 5.92 Å². The highest BCUT2D eigenvalue weighted by Crippen LogP contribution is 2.33. The lowest BCUT2D eigenvalue weighted by Gasteiger charge is -2.11. The summed E-state index contributed by atoms with van der Waals surface area (Å²) in [6, 6.07) is 7.79. The maximum absolute atomic E-state index is 10.7. The number of aliphatic carboxylic acids is 1. The zero-order chi connectivity index (χ0) is 12.3. The number of carbonyl (C=O) groups is 1. The Balaban J connectivity index is 2.10. The van der Waals surface area contributed by atoms with Gasteiger partial charge in [0.2, 0.25) is 0 Å². The minimum atomic E-state index is -0.835. The van der Waals surface area contributed by atoms with Crippen molar-refractivity contribution in [2.75, 3.05) is 0 Å². The fourth-order valence-corrected chi connectivity index (χ4v) is 2.69. The van der Waals surface area contributed by atoms with Crippen molar-refractivity contribution in [2.45, 2.75) is 25.7 Å². The van der Waals surface area contributed by atoms with Crippen molar-refractivity contribution in [3.05, 3.63) is 46.5 Å². The summed E-state index contributed by atoms with van der Waals surface area (Å²) in [7, 11) is 0. The Morgan fingerprint density at radius 2 is 2.35 bits per heavy atom. The number of carboxylic acid groups (broad SMARTS) is 1. The van der Waals surface area contributed by atoms with E-state index >= 15 is 0 Å². The molecule has 1 fully saturated rings. The molecule has 3 heteroatoms. The van der Waals surface area contributed by atoms with E-state index in [2.05, 4.69) is 0 Å². The summed E-state index contributed by atoms with van der Waals surface area (Å²) in [4.78, 5) is 10.7. The van der Waals surface area contributed by atoms with E-state index in [4.69, 9.17) is 16.7 Å². The lowest BCUT2D eigenvalue weighted by atomic mass is 9.94. The van der Waals surface area contributed by atoms with Gasteiger partial charge in [0.05, 0.1) is 0 Å². The third-order valence-electron chi connectivity index (χ3n) is 3.22. The fourth-order valence-electron chi connectivity index (χ4n) is 2.47. The summed E-state index contributed by atoms with van der Waals surface area (Å²) in [6.45, 7) is 0. The van der Waals surface area contributed by atoms with E-state index in [0.29, 0.717) is 5.92 Å². The van der Waals surface area contributed by atoms with Crippen LogP contribution in [0.25, 0.3) is 0 Å². The molecule has 1 atom stereocenters. The smallest absolute Gasteiger partial charge is 0.328 e. The highest BCUT2D eigenvalue weighted by molar-refractivity contribution is 6.30. The first kappa shape index (κ1) is 12.2. The predicted molar refractivity (Wildman–Crippen MR) is 68.2 cm³/mol. The molecule has 2 nitrogen and oxygen atoms in total. The molecular weight excluding hydrogens is 236 g/mol. The molecule has 0 aromatic heterocycles. The monoisotopic (exact) mass is 250 g/mol. The second-order valence-electron chi connectivity index (χ2n) is 4.48. The maximum atomic E-state index is 10.7. The largest absolute Gasteiger partial charge is 0.478 e. The van der Waals surface area contributed by atoms with E-state index < -0.39 is 5.97 Å². The molecule has 90 valence electrons. The normalized spacial score (nSPS) is 21.9. The van der Waals surface area contributed by atoms with Gasteiger partial charge in [0, 0.05) is 11.1 Å². The molecule has 0 saturated heterocycles. The standard InChI is InChI=1S/C14H15ClO2/c15-13-6-1-3-10(8-13)7-11-4-2-5-12(11)9-14(16)17/h1,3,6,8-9,11H,2,4-5,7H2,(H,16,17)/b12-9+. The minimum Gasteiger partial charge on any atom is -0.478 e. The zero-order valence-electron chi connectivity index (χ0n) is 9.53. The summed E-state index contributed by atoms with van der Waals surface area (Å²) >= 11 is 5.94. The highest BCUT2D eigenvalue weighted by atomic mass is 35.5. The predicted octanol–water partition coefficient (Wildman–Crippen LogP) is 3.69. The molecule has 0 aliphatic heterocycles. The second kappa shape index (κ2) is 5.37. The Kier molecular flexibility index (Phi) is 3.85. The van der Waals surface area contributed by atoms with Crippen molar-refractivity contribution < 1.29 is 9.90 Å². The van der Waals surface area contributed by atoms with Crippen LogP contribution >= 0.6 is 11.6 Å². The van der Waals surface area contributed by atoms with Crippen LogP contribution in [0.15, 0.2) is 35.9 Å². The molecule has 0 spiro atoms. The van der Waals surface area contributed by atoms with E-state index in [0.717, 1.165) is 36.3 Å². The summed E-state index contributed by atoms with van der Waals surface area (Å²) < 4.78 is 0. The average Bonchev–Trinajstić information content (AvgIpc) is 2.65. The van der Waals surface area contributed by atoms with Crippen molar-refractivity contribution >= 4 is 17.6 Å². The van der Waals surface area contributed by atoms with E-state index in [1.807, 2.05) is 24.3 Å². The first-order valence-corrected chi connectivity index (χ1v) is 6.21. The van der Waals surface area contributed by atoms with Crippen LogP contribution in [0.4, 0.5) is 0 Å². The van der Waals surface area contributed by atoms with Gasteiger partial charge < -0.3 is 5.11 Å². The summed E-state index contributed by atoms with van der Waals surface area (Å²) in [6.07, 6.45) is 5.34. The van der Waals surface area contributed by atoms with Crippen LogP contribution in [0.2, 0.25) is 5.02 Å². The first-order valence-electron chi connectivity index (χ1n) is 5.83. The molecule has 2 rings (SSSR count). The molecule has 0 heterocycles. The molecule has 1 N–H and O–H groups in total. The minimum absolute atomic E-state index is 0.365. The van der Waals surface area contributed by atoms with E-state index in [-0.39, 0.29) is 0 Å². The van der Waals surface area contributed by atoms with Gasteiger partial charge in [-0.2, -0.15) is 0 Å². The fraction of sp³-hybridized carbons (Fsp3) is 0.357. The molecule has 17 heavy (non-hydrogen) atoms. The summed E-state index contributed by atoms with van der Waals surface area (Å²) in [5, 5.41) is 9.54. The lowest BCUT2D eigenvalue weighted by molar-refractivity contribution is -0.131.